The zero-order valence-electron chi connectivity index (χ0n) is 14.2. The number of ether oxygens (including phenoxy) is 1. The fraction of sp³-hybridized carbons (Fsp3) is 0.211. The molecule has 3 heterocycles. The van der Waals surface area contributed by atoms with Crippen LogP contribution < -0.4 is 9.64 Å². The third kappa shape index (κ3) is 3.03. The molecule has 7 heteroatoms. The molecule has 1 aromatic carbocycles. The minimum Gasteiger partial charge on any atom is -0.472 e. The number of carbonyl (C=O) groups is 1. The molecule has 1 amide bonds. The summed E-state index contributed by atoms with van der Waals surface area (Å²) in [6, 6.07) is 13.0. The molecular weight excluding hydrogens is 335 g/mol. The second kappa shape index (κ2) is 6.59. The largest absolute Gasteiger partial charge is 0.472 e. The van der Waals surface area contributed by atoms with Crippen LogP contribution in [0.2, 0.25) is 0 Å². The molecule has 2 aromatic heterocycles. The topological polar surface area (TPSA) is 60.2 Å². The number of fused-ring (bicyclic) bond motifs is 1. The second-order valence-corrected chi connectivity index (χ2v) is 6.11. The minimum atomic E-state index is -0.389. The van der Waals surface area contributed by atoms with E-state index in [1.165, 1.54) is 4.90 Å². The Bertz CT molecular complexity index is 955. The maximum atomic E-state index is 13.4. The number of pyridine rings is 1. The molecule has 0 radical (unpaired) electrons. The van der Waals surface area contributed by atoms with Crippen molar-refractivity contribution in [2.24, 2.45) is 0 Å². The average molecular weight is 352 g/mol. The lowest BCUT2D eigenvalue weighted by Gasteiger charge is -2.26. The summed E-state index contributed by atoms with van der Waals surface area (Å²) in [5.41, 5.74) is 1.91. The summed E-state index contributed by atoms with van der Waals surface area (Å²) in [7, 11) is 0. The Balaban J connectivity index is 1.53. The van der Waals surface area contributed by atoms with Crippen LogP contribution >= 0.6 is 0 Å². The normalized spacial score (nSPS) is 13.6. The Morgan fingerprint density at radius 1 is 1.19 bits per heavy atom. The van der Waals surface area contributed by atoms with E-state index in [4.69, 9.17) is 4.74 Å². The fourth-order valence-electron chi connectivity index (χ4n) is 2.86. The van der Waals surface area contributed by atoms with Gasteiger partial charge in [-0.15, -0.1) is 5.10 Å². The lowest BCUT2D eigenvalue weighted by atomic mass is 10.2. The van der Waals surface area contributed by atoms with Gasteiger partial charge in [-0.25, -0.2) is 9.37 Å². The monoisotopic (exact) mass is 352 g/mol. The zero-order chi connectivity index (χ0) is 18.1. The lowest BCUT2D eigenvalue weighted by molar-refractivity contribution is 0.0961. The zero-order valence-corrected chi connectivity index (χ0v) is 14.2. The van der Waals surface area contributed by atoms with Crippen molar-refractivity contribution in [3.63, 3.8) is 0 Å². The molecule has 132 valence electrons. The van der Waals surface area contributed by atoms with E-state index < -0.39 is 0 Å². The number of rotatable bonds is 4. The van der Waals surface area contributed by atoms with Crippen molar-refractivity contribution in [2.45, 2.75) is 20.1 Å². The number of benzene rings is 1. The van der Waals surface area contributed by atoms with Crippen LogP contribution in [-0.4, -0.2) is 27.2 Å². The van der Waals surface area contributed by atoms with E-state index in [0.29, 0.717) is 42.7 Å². The molecule has 0 saturated carbocycles. The van der Waals surface area contributed by atoms with Crippen LogP contribution in [0.3, 0.4) is 0 Å². The first-order chi connectivity index (χ1) is 12.6. The molecule has 6 nitrogen and oxygen atoms in total. The molecule has 0 N–H and O–H groups in total. The standard InChI is InChI=1S/C19H17FN4O2/c1-13-9-17(21-11-15(13)20)23-7-8-24-16(19(23)25)10-18(22-24)26-12-14-5-3-2-4-6-14/h2-6,9-11H,7-8,12H2,1H3. The number of aromatic nitrogens is 3. The third-order valence-electron chi connectivity index (χ3n) is 4.30. The Morgan fingerprint density at radius 2 is 2.00 bits per heavy atom. The van der Waals surface area contributed by atoms with Crippen molar-refractivity contribution in [2.75, 3.05) is 11.4 Å². The van der Waals surface area contributed by atoms with E-state index in [1.807, 2.05) is 30.3 Å². The van der Waals surface area contributed by atoms with Crippen LogP contribution in [0.4, 0.5) is 10.2 Å². The van der Waals surface area contributed by atoms with E-state index in [9.17, 15) is 9.18 Å². The van der Waals surface area contributed by atoms with Gasteiger partial charge in [0.05, 0.1) is 12.7 Å². The maximum Gasteiger partial charge on any atom is 0.277 e. The molecule has 0 unspecified atom stereocenters. The number of anilines is 1. The van der Waals surface area contributed by atoms with Gasteiger partial charge in [-0.05, 0) is 24.1 Å². The second-order valence-electron chi connectivity index (χ2n) is 6.11. The molecule has 4 rings (SSSR count). The van der Waals surface area contributed by atoms with Crippen molar-refractivity contribution >= 4 is 11.7 Å². The molecule has 0 spiro atoms. The molecule has 1 aliphatic rings. The molecule has 0 aliphatic carbocycles. The first kappa shape index (κ1) is 16.3. The van der Waals surface area contributed by atoms with Crippen LogP contribution in [0.15, 0.2) is 48.7 Å². The highest BCUT2D eigenvalue weighted by Gasteiger charge is 2.29. The Kier molecular flexibility index (Phi) is 4.12. The van der Waals surface area contributed by atoms with Crippen LogP contribution in [-0.2, 0) is 13.2 Å². The number of carbonyl (C=O) groups excluding carboxylic acids is 1. The van der Waals surface area contributed by atoms with E-state index in [-0.39, 0.29) is 11.7 Å². The summed E-state index contributed by atoms with van der Waals surface area (Å²) in [5.74, 6) is 0.229. The Morgan fingerprint density at radius 3 is 2.77 bits per heavy atom. The number of aryl methyl sites for hydroxylation is 1. The van der Waals surface area contributed by atoms with Gasteiger partial charge in [-0.2, -0.15) is 0 Å². The average Bonchev–Trinajstić information content (AvgIpc) is 3.08. The molecule has 1 aliphatic heterocycles. The highest BCUT2D eigenvalue weighted by molar-refractivity contribution is 6.05. The summed E-state index contributed by atoms with van der Waals surface area (Å²) in [6.45, 7) is 2.97. The number of amides is 1. The van der Waals surface area contributed by atoms with Crippen molar-refractivity contribution in [1.82, 2.24) is 14.8 Å². The van der Waals surface area contributed by atoms with E-state index in [2.05, 4.69) is 10.1 Å². The number of hydrogen-bond donors (Lipinski definition) is 0. The quantitative estimate of drug-likeness (QED) is 0.724. The summed E-state index contributed by atoms with van der Waals surface area (Å²) < 4.78 is 20.8. The van der Waals surface area contributed by atoms with Gasteiger partial charge >= 0.3 is 0 Å². The van der Waals surface area contributed by atoms with E-state index >= 15 is 0 Å². The van der Waals surface area contributed by atoms with E-state index in [1.54, 1.807) is 23.7 Å². The molecule has 0 bridgehead atoms. The van der Waals surface area contributed by atoms with E-state index in [0.717, 1.165) is 11.8 Å². The highest BCUT2D eigenvalue weighted by Crippen LogP contribution is 2.23. The fourth-order valence-corrected chi connectivity index (χ4v) is 2.86. The van der Waals surface area contributed by atoms with Gasteiger partial charge in [0.1, 0.15) is 23.9 Å². The van der Waals surface area contributed by atoms with Gasteiger partial charge in [0.2, 0.25) is 5.88 Å². The van der Waals surface area contributed by atoms with Crippen LogP contribution in [0.1, 0.15) is 21.6 Å². The predicted octanol–water partition coefficient (Wildman–Crippen LogP) is 2.97. The molecule has 0 fully saturated rings. The molecule has 26 heavy (non-hydrogen) atoms. The smallest absolute Gasteiger partial charge is 0.277 e. The molecule has 3 aromatic rings. The number of halogens is 1. The Labute approximate surface area is 149 Å². The SMILES string of the molecule is Cc1cc(N2CCn3nc(OCc4ccccc4)cc3C2=O)ncc1F. The van der Waals surface area contributed by atoms with Crippen molar-refractivity contribution in [3.05, 3.63) is 71.3 Å². The van der Waals surface area contributed by atoms with Crippen LogP contribution in [0, 0.1) is 12.7 Å². The van der Waals surface area contributed by atoms with Gasteiger partial charge in [0, 0.05) is 12.6 Å². The number of nitrogens with zero attached hydrogens (tertiary/aromatic N) is 4. The van der Waals surface area contributed by atoms with Crippen LogP contribution in [0.5, 0.6) is 5.88 Å². The van der Waals surface area contributed by atoms with Gasteiger partial charge in [-0.1, -0.05) is 30.3 Å². The predicted molar refractivity (Wildman–Crippen MR) is 93.6 cm³/mol. The lowest BCUT2D eigenvalue weighted by Crippen LogP contribution is -2.41. The van der Waals surface area contributed by atoms with Gasteiger partial charge in [0.15, 0.2) is 0 Å². The summed E-state index contributed by atoms with van der Waals surface area (Å²) in [5, 5.41) is 4.34. The first-order valence-electron chi connectivity index (χ1n) is 8.30. The third-order valence-corrected chi connectivity index (χ3v) is 4.30. The maximum absolute atomic E-state index is 13.4. The van der Waals surface area contributed by atoms with Crippen LogP contribution in [0.25, 0.3) is 0 Å². The highest BCUT2D eigenvalue weighted by atomic mass is 19.1. The summed E-state index contributed by atoms with van der Waals surface area (Å²) in [4.78, 5) is 18.3. The first-order valence-corrected chi connectivity index (χ1v) is 8.30. The van der Waals surface area contributed by atoms with Crippen molar-refractivity contribution in [3.8, 4) is 5.88 Å². The minimum absolute atomic E-state index is 0.225. The van der Waals surface area contributed by atoms with Crippen molar-refractivity contribution in [1.29, 1.82) is 0 Å². The number of hydrogen-bond acceptors (Lipinski definition) is 4. The molecule has 0 saturated heterocycles. The van der Waals surface area contributed by atoms with Crippen molar-refractivity contribution < 1.29 is 13.9 Å². The van der Waals surface area contributed by atoms with Gasteiger partial charge < -0.3 is 4.74 Å². The van der Waals surface area contributed by atoms with Gasteiger partial charge in [-0.3, -0.25) is 14.4 Å². The summed E-state index contributed by atoms with van der Waals surface area (Å²) >= 11 is 0. The Hall–Kier alpha value is -3.22. The molecular formula is C19H17FN4O2. The van der Waals surface area contributed by atoms with Gasteiger partial charge in [0.25, 0.3) is 5.91 Å². The molecule has 0 atom stereocenters. The summed E-state index contributed by atoms with van der Waals surface area (Å²) in [6.07, 6.45) is 1.14.